The van der Waals surface area contributed by atoms with Crippen LogP contribution in [0.3, 0.4) is 0 Å². The molecular weight excluding hydrogens is 309 g/mol. The van der Waals surface area contributed by atoms with Crippen molar-refractivity contribution in [2.24, 2.45) is 5.92 Å². The number of rotatable bonds is 5. The second kappa shape index (κ2) is 7.49. The van der Waals surface area contributed by atoms with Crippen LogP contribution in [0.15, 0.2) is 41.3 Å². The summed E-state index contributed by atoms with van der Waals surface area (Å²) in [6.07, 6.45) is 3.22. The fourth-order valence-electron chi connectivity index (χ4n) is 3.12. The van der Waals surface area contributed by atoms with Crippen molar-refractivity contribution in [3.05, 3.63) is 63.8 Å². The summed E-state index contributed by atoms with van der Waals surface area (Å²) < 4.78 is 13.7. The Kier molecular flexibility index (Phi) is 5.15. The summed E-state index contributed by atoms with van der Waals surface area (Å²) in [6.45, 7) is 2.08. The number of piperidine rings is 1. The lowest BCUT2D eigenvalue weighted by Gasteiger charge is -2.31. The summed E-state index contributed by atoms with van der Waals surface area (Å²) in [7, 11) is 0. The van der Waals surface area contributed by atoms with E-state index in [9.17, 15) is 14.0 Å². The molecule has 0 saturated carbocycles. The van der Waals surface area contributed by atoms with Crippen molar-refractivity contribution in [3.8, 4) is 0 Å². The molecule has 1 N–H and O–H groups in total. The van der Waals surface area contributed by atoms with Gasteiger partial charge in [-0.15, -0.1) is 0 Å². The molecule has 0 aliphatic carbocycles. The average Bonchev–Trinajstić information content (AvgIpc) is 2.59. The highest BCUT2D eigenvalue weighted by atomic mass is 19.1. The van der Waals surface area contributed by atoms with Crippen LogP contribution in [0, 0.1) is 11.7 Å². The lowest BCUT2D eigenvalue weighted by Crippen LogP contribution is -2.37. The smallest absolute Gasteiger partial charge is 0.268 e. The highest BCUT2D eigenvalue weighted by Gasteiger charge is 2.25. The van der Waals surface area contributed by atoms with Crippen LogP contribution >= 0.6 is 0 Å². The highest BCUT2D eigenvalue weighted by molar-refractivity contribution is 5.83. The molecule has 3 rings (SSSR count). The van der Waals surface area contributed by atoms with Crippen LogP contribution in [-0.2, 0) is 17.8 Å². The first-order valence-corrected chi connectivity index (χ1v) is 8.14. The summed E-state index contributed by atoms with van der Waals surface area (Å²) in [5, 5.41) is 6.12. The third kappa shape index (κ3) is 3.94. The van der Waals surface area contributed by atoms with Gasteiger partial charge in [-0.25, -0.2) is 9.49 Å². The van der Waals surface area contributed by atoms with Crippen molar-refractivity contribution in [1.82, 2.24) is 15.1 Å². The molecule has 0 radical (unpaired) electrons. The minimum Gasteiger partial charge on any atom is -0.299 e. The summed E-state index contributed by atoms with van der Waals surface area (Å²) in [6, 6.07) is 8.15. The third-order valence-corrected chi connectivity index (χ3v) is 4.57. The standard InChI is InChI=1S/C18H20FN3O2/c19-16-4-2-1-3-14(16)11-17(23)13-6-9-22(10-7-13)12-15-5-8-20-21-18(15)24/h1-5,8,13H,6-7,9-12H2,(H,21,24). The van der Waals surface area contributed by atoms with E-state index in [2.05, 4.69) is 15.1 Å². The van der Waals surface area contributed by atoms with E-state index in [1.807, 2.05) is 0 Å². The SMILES string of the molecule is O=C(Cc1ccccc1F)C1CCN(Cc2ccn[nH]c2=O)CC1. The zero-order chi connectivity index (χ0) is 16.9. The van der Waals surface area contributed by atoms with E-state index in [-0.39, 0.29) is 29.5 Å². The van der Waals surface area contributed by atoms with Crippen molar-refractivity contribution in [2.45, 2.75) is 25.8 Å². The Hall–Kier alpha value is -2.34. The molecule has 1 aromatic heterocycles. The van der Waals surface area contributed by atoms with Crippen LogP contribution in [0.2, 0.25) is 0 Å². The number of aromatic amines is 1. The number of halogens is 1. The van der Waals surface area contributed by atoms with Crippen LogP contribution < -0.4 is 5.56 Å². The topological polar surface area (TPSA) is 66.1 Å². The molecular formula is C18H20FN3O2. The predicted octanol–water partition coefficient (Wildman–Crippen LogP) is 1.93. The second-order valence-corrected chi connectivity index (χ2v) is 6.20. The van der Waals surface area contributed by atoms with Crippen LogP contribution in [0.5, 0.6) is 0 Å². The van der Waals surface area contributed by atoms with Crippen molar-refractivity contribution < 1.29 is 9.18 Å². The normalized spacial score (nSPS) is 16.2. The van der Waals surface area contributed by atoms with Gasteiger partial charge in [0.05, 0.1) is 0 Å². The second-order valence-electron chi connectivity index (χ2n) is 6.20. The quantitative estimate of drug-likeness (QED) is 0.910. The molecule has 1 aliphatic heterocycles. The minimum absolute atomic E-state index is 0.0309. The van der Waals surface area contributed by atoms with Gasteiger partial charge in [-0.2, -0.15) is 5.10 Å². The number of Topliss-reactive ketones (excluding diaryl/α,β-unsaturated/α-hetero) is 1. The van der Waals surface area contributed by atoms with Crippen molar-refractivity contribution in [2.75, 3.05) is 13.1 Å². The Morgan fingerprint density at radius 3 is 2.67 bits per heavy atom. The van der Waals surface area contributed by atoms with E-state index >= 15 is 0 Å². The first-order valence-electron chi connectivity index (χ1n) is 8.14. The Bertz CT molecular complexity index is 767. The third-order valence-electron chi connectivity index (χ3n) is 4.57. The maximum atomic E-state index is 13.7. The van der Waals surface area contributed by atoms with E-state index in [1.54, 1.807) is 30.5 Å². The summed E-state index contributed by atoms with van der Waals surface area (Å²) in [4.78, 5) is 26.2. The van der Waals surface area contributed by atoms with Gasteiger partial charge >= 0.3 is 0 Å². The van der Waals surface area contributed by atoms with Crippen LogP contribution in [-0.4, -0.2) is 34.0 Å². The van der Waals surface area contributed by atoms with E-state index in [0.717, 1.165) is 25.9 Å². The molecule has 0 atom stereocenters. The molecule has 2 heterocycles. The van der Waals surface area contributed by atoms with E-state index in [1.165, 1.54) is 6.07 Å². The van der Waals surface area contributed by atoms with Crippen molar-refractivity contribution in [3.63, 3.8) is 0 Å². The number of nitrogens with one attached hydrogen (secondary N) is 1. The van der Waals surface area contributed by atoms with E-state index in [4.69, 9.17) is 0 Å². The molecule has 2 aromatic rings. The van der Waals surface area contributed by atoms with Gasteiger partial charge in [-0.1, -0.05) is 18.2 Å². The Balaban J connectivity index is 1.53. The molecule has 24 heavy (non-hydrogen) atoms. The Morgan fingerprint density at radius 2 is 1.96 bits per heavy atom. The Morgan fingerprint density at radius 1 is 1.21 bits per heavy atom. The number of benzene rings is 1. The fourth-order valence-corrected chi connectivity index (χ4v) is 3.12. The molecule has 0 bridgehead atoms. The maximum absolute atomic E-state index is 13.7. The average molecular weight is 329 g/mol. The lowest BCUT2D eigenvalue weighted by atomic mass is 9.89. The molecule has 0 unspecified atom stereocenters. The zero-order valence-corrected chi connectivity index (χ0v) is 13.4. The van der Waals surface area contributed by atoms with Gasteiger partial charge in [0.25, 0.3) is 5.56 Å². The molecule has 126 valence electrons. The van der Waals surface area contributed by atoms with Gasteiger partial charge in [0.15, 0.2) is 0 Å². The summed E-state index contributed by atoms with van der Waals surface area (Å²) in [5.74, 6) is -0.252. The number of aromatic nitrogens is 2. The van der Waals surface area contributed by atoms with E-state index < -0.39 is 0 Å². The number of hydrogen-bond acceptors (Lipinski definition) is 4. The van der Waals surface area contributed by atoms with Crippen molar-refractivity contribution in [1.29, 1.82) is 0 Å². The summed E-state index contributed by atoms with van der Waals surface area (Å²) in [5.41, 5.74) is 0.977. The Labute approximate surface area is 139 Å². The van der Waals surface area contributed by atoms with Crippen LogP contribution in [0.1, 0.15) is 24.0 Å². The molecule has 6 heteroatoms. The van der Waals surface area contributed by atoms with E-state index in [0.29, 0.717) is 17.7 Å². The first-order chi connectivity index (χ1) is 11.6. The number of carbonyl (C=O) groups is 1. The minimum atomic E-state index is -0.319. The van der Waals surface area contributed by atoms with Gasteiger partial charge in [0.1, 0.15) is 11.6 Å². The van der Waals surface area contributed by atoms with Gasteiger partial charge in [-0.3, -0.25) is 14.5 Å². The maximum Gasteiger partial charge on any atom is 0.268 e. The number of H-pyrrole nitrogens is 1. The number of nitrogens with zero attached hydrogens (tertiary/aromatic N) is 2. The highest BCUT2D eigenvalue weighted by Crippen LogP contribution is 2.21. The van der Waals surface area contributed by atoms with Gasteiger partial charge in [0, 0.05) is 30.6 Å². The van der Waals surface area contributed by atoms with Crippen molar-refractivity contribution >= 4 is 5.78 Å². The molecule has 1 fully saturated rings. The number of carbonyl (C=O) groups excluding carboxylic acids is 1. The fraction of sp³-hybridized carbons (Fsp3) is 0.389. The predicted molar refractivity (Wildman–Crippen MR) is 88.0 cm³/mol. The molecule has 1 aromatic carbocycles. The first kappa shape index (κ1) is 16.5. The van der Waals surface area contributed by atoms with Crippen LogP contribution in [0.25, 0.3) is 0 Å². The molecule has 1 saturated heterocycles. The molecule has 0 spiro atoms. The largest absolute Gasteiger partial charge is 0.299 e. The summed E-state index contributed by atoms with van der Waals surface area (Å²) >= 11 is 0. The molecule has 5 nitrogen and oxygen atoms in total. The van der Waals surface area contributed by atoms with Gasteiger partial charge in [0.2, 0.25) is 0 Å². The van der Waals surface area contributed by atoms with Crippen LogP contribution in [0.4, 0.5) is 4.39 Å². The molecule has 0 amide bonds. The monoisotopic (exact) mass is 329 g/mol. The number of hydrogen-bond donors (Lipinski definition) is 1. The van der Waals surface area contributed by atoms with Gasteiger partial charge < -0.3 is 0 Å². The van der Waals surface area contributed by atoms with Gasteiger partial charge in [-0.05, 0) is 43.6 Å². The number of likely N-dealkylation sites (tertiary alicyclic amines) is 1. The lowest BCUT2D eigenvalue weighted by molar-refractivity contribution is -0.123. The molecule has 1 aliphatic rings. The zero-order valence-electron chi connectivity index (χ0n) is 13.4. The number of ketones is 1.